The molecule has 0 spiro atoms. The molecule has 2 aromatic rings. The summed E-state index contributed by atoms with van der Waals surface area (Å²) in [4.78, 5) is 25.4. The van der Waals surface area contributed by atoms with E-state index in [0.29, 0.717) is 5.71 Å². The number of amides is 2. The summed E-state index contributed by atoms with van der Waals surface area (Å²) < 4.78 is 0. The Morgan fingerprint density at radius 3 is 2.27 bits per heavy atom. The van der Waals surface area contributed by atoms with Crippen molar-refractivity contribution in [3.63, 3.8) is 0 Å². The third-order valence-corrected chi connectivity index (χ3v) is 7.32. The van der Waals surface area contributed by atoms with Crippen LogP contribution in [0, 0.1) is 23.2 Å². The van der Waals surface area contributed by atoms with Gasteiger partial charge in [-0.2, -0.15) is 5.10 Å². The van der Waals surface area contributed by atoms with E-state index in [2.05, 4.69) is 15.8 Å². The van der Waals surface area contributed by atoms with Gasteiger partial charge in [0.1, 0.15) is 0 Å². The molecule has 6 rings (SSSR count). The van der Waals surface area contributed by atoms with Crippen LogP contribution in [0.1, 0.15) is 51.9 Å². The van der Waals surface area contributed by atoms with Gasteiger partial charge in [-0.15, -0.1) is 0 Å². The summed E-state index contributed by atoms with van der Waals surface area (Å²) in [6.07, 6.45) is 7.14. The first-order valence-corrected chi connectivity index (χ1v) is 11.1. The molecule has 4 bridgehead atoms. The Bertz CT molecular complexity index is 991. The molecule has 0 radical (unpaired) electrons. The number of hydrazone groups is 1. The van der Waals surface area contributed by atoms with Gasteiger partial charge in [0.05, 0.1) is 11.8 Å². The number of hydrogen-bond donors (Lipinski definition) is 2. The lowest BCUT2D eigenvalue weighted by molar-refractivity contribution is -0.146. The third kappa shape index (κ3) is 3.73. The Morgan fingerprint density at radius 1 is 0.967 bits per heavy atom. The van der Waals surface area contributed by atoms with Crippen molar-refractivity contribution in [3.05, 3.63) is 42.5 Å². The van der Waals surface area contributed by atoms with Crippen molar-refractivity contribution in [1.29, 1.82) is 0 Å². The van der Waals surface area contributed by atoms with Crippen LogP contribution in [-0.4, -0.2) is 17.5 Å². The van der Waals surface area contributed by atoms with Crippen LogP contribution in [0.15, 0.2) is 47.6 Å². The largest absolute Gasteiger partial charge is 0.326 e. The summed E-state index contributed by atoms with van der Waals surface area (Å²) in [5.41, 5.74) is 3.97. The number of benzene rings is 2. The summed E-state index contributed by atoms with van der Waals surface area (Å²) in [5, 5.41) is 9.42. The van der Waals surface area contributed by atoms with Crippen molar-refractivity contribution in [2.24, 2.45) is 28.3 Å². The van der Waals surface area contributed by atoms with E-state index in [9.17, 15) is 9.59 Å². The molecule has 4 saturated carbocycles. The van der Waals surface area contributed by atoms with Gasteiger partial charge in [-0.1, -0.05) is 30.3 Å². The maximum absolute atomic E-state index is 13.0. The molecule has 2 amide bonds. The number of carbonyl (C=O) groups excluding carboxylic acids is 2. The van der Waals surface area contributed by atoms with Crippen LogP contribution < -0.4 is 10.7 Å². The molecule has 0 unspecified atom stereocenters. The molecule has 4 aliphatic rings. The van der Waals surface area contributed by atoms with Gasteiger partial charge in [0, 0.05) is 11.4 Å². The highest BCUT2D eigenvalue weighted by Gasteiger charge is 2.54. The second-order valence-corrected chi connectivity index (χ2v) is 9.77. The zero-order valence-electron chi connectivity index (χ0n) is 17.5. The van der Waals surface area contributed by atoms with E-state index in [-0.39, 0.29) is 23.7 Å². The van der Waals surface area contributed by atoms with Crippen molar-refractivity contribution in [3.8, 4) is 0 Å². The standard InChI is InChI=1S/C25H29N3O2/c1-16(8-23(29)26-22-7-6-20-4-2-3-5-21(20)12-22)27-28-24(30)25-13-17-9-18(14-25)11-19(10-17)15-25/h2-7,12,17-19H,8-11,13-15H2,1H3,(H,26,29)(H,28,30)/b27-16+. The molecule has 5 nitrogen and oxygen atoms in total. The lowest BCUT2D eigenvalue weighted by Gasteiger charge is -2.55. The Hall–Kier alpha value is -2.69. The van der Waals surface area contributed by atoms with Crippen molar-refractivity contribution in [2.75, 3.05) is 5.32 Å². The minimum Gasteiger partial charge on any atom is -0.326 e. The van der Waals surface area contributed by atoms with Crippen LogP contribution in [0.2, 0.25) is 0 Å². The van der Waals surface area contributed by atoms with Crippen LogP contribution in [0.4, 0.5) is 5.69 Å². The molecular formula is C25H29N3O2. The zero-order chi connectivity index (χ0) is 20.7. The fourth-order valence-corrected chi connectivity index (χ4v) is 6.40. The third-order valence-electron chi connectivity index (χ3n) is 7.32. The predicted molar refractivity (Wildman–Crippen MR) is 119 cm³/mol. The van der Waals surface area contributed by atoms with Crippen LogP contribution in [0.25, 0.3) is 10.8 Å². The zero-order valence-corrected chi connectivity index (χ0v) is 17.5. The smallest absolute Gasteiger partial charge is 0.246 e. The highest BCUT2D eigenvalue weighted by atomic mass is 16.2. The maximum atomic E-state index is 13.0. The first-order valence-electron chi connectivity index (χ1n) is 11.1. The maximum Gasteiger partial charge on any atom is 0.246 e. The van der Waals surface area contributed by atoms with Gasteiger partial charge >= 0.3 is 0 Å². The van der Waals surface area contributed by atoms with Crippen LogP contribution in [-0.2, 0) is 9.59 Å². The SMILES string of the molecule is C/C(CC(=O)Nc1ccc2ccccc2c1)=N\NC(=O)C12CC3CC(CC(C3)C1)C2. The quantitative estimate of drug-likeness (QED) is 0.552. The van der Waals surface area contributed by atoms with Crippen molar-refractivity contribution >= 4 is 34.0 Å². The number of rotatable bonds is 5. The molecule has 0 saturated heterocycles. The summed E-state index contributed by atoms with van der Waals surface area (Å²) >= 11 is 0. The van der Waals surface area contributed by atoms with E-state index < -0.39 is 0 Å². The van der Waals surface area contributed by atoms with Gasteiger partial charge in [0.25, 0.3) is 0 Å². The minimum absolute atomic E-state index is 0.0656. The van der Waals surface area contributed by atoms with Crippen molar-refractivity contribution in [1.82, 2.24) is 5.43 Å². The Kier molecular flexibility index (Phi) is 4.84. The Labute approximate surface area is 177 Å². The Morgan fingerprint density at radius 2 is 1.60 bits per heavy atom. The predicted octanol–water partition coefficient (Wildman–Crippen LogP) is 4.88. The normalized spacial score (nSPS) is 29.8. The van der Waals surface area contributed by atoms with Crippen molar-refractivity contribution in [2.45, 2.75) is 51.9 Å². The van der Waals surface area contributed by atoms with Crippen LogP contribution in [0.3, 0.4) is 0 Å². The molecule has 4 fully saturated rings. The number of carbonyl (C=O) groups is 2. The minimum atomic E-state index is -0.216. The van der Waals surface area contributed by atoms with Gasteiger partial charge in [-0.05, 0) is 86.1 Å². The first kappa shape index (κ1) is 19.3. The molecule has 30 heavy (non-hydrogen) atoms. The second-order valence-electron chi connectivity index (χ2n) is 9.77. The molecule has 2 aromatic carbocycles. The number of hydrogen-bond acceptors (Lipinski definition) is 3. The molecule has 0 aliphatic heterocycles. The molecule has 5 heteroatoms. The van der Waals surface area contributed by atoms with E-state index in [1.165, 1.54) is 19.3 Å². The van der Waals surface area contributed by atoms with E-state index in [0.717, 1.165) is 53.5 Å². The molecular weight excluding hydrogens is 374 g/mol. The number of fused-ring (bicyclic) bond motifs is 1. The summed E-state index contributed by atoms with van der Waals surface area (Å²) in [7, 11) is 0. The van der Waals surface area contributed by atoms with E-state index in [4.69, 9.17) is 0 Å². The average Bonchev–Trinajstić information content (AvgIpc) is 2.71. The van der Waals surface area contributed by atoms with E-state index in [1.807, 2.05) is 42.5 Å². The van der Waals surface area contributed by atoms with Gasteiger partial charge in [-0.25, -0.2) is 5.43 Å². The number of nitrogens with zero attached hydrogens (tertiary/aromatic N) is 1. The molecule has 0 aromatic heterocycles. The topological polar surface area (TPSA) is 70.6 Å². The summed E-state index contributed by atoms with van der Waals surface area (Å²) in [5.74, 6) is 2.10. The summed E-state index contributed by atoms with van der Waals surface area (Å²) in [6, 6.07) is 13.9. The number of nitrogens with one attached hydrogen (secondary N) is 2. The first-order chi connectivity index (χ1) is 14.5. The van der Waals surface area contributed by atoms with E-state index >= 15 is 0 Å². The van der Waals surface area contributed by atoms with Gasteiger partial charge < -0.3 is 5.32 Å². The fraction of sp³-hybridized carbons (Fsp3) is 0.480. The molecule has 4 aliphatic carbocycles. The number of anilines is 1. The van der Waals surface area contributed by atoms with Gasteiger partial charge in [0.15, 0.2) is 0 Å². The van der Waals surface area contributed by atoms with Crippen LogP contribution >= 0.6 is 0 Å². The van der Waals surface area contributed by atoms with Crippen LogP contribution in [0.5, 0.6) is 0 Å². The lowest BCUT2D eigenvalue weighted by Crippen LogP contribution is -2.52. The van der Waals surface area contributed by atoms with Gasteiger partial charge in [-0.3, -0.25) is 9.59 Å². The van der Waals surface area contributed by atoms with Crippen molar-refractivity contribution < 1.29 is 9.59 Å². The fourth-order valence-electron chi connectivity index (χ4n) is 6.40. The average molecular weight is 404 g/mol. The molecule has 156 valence electrons. The Balaban J connectivity index is 1.18. The van der Waals surface area contributed by atoms with E-state index in [1.54, 1.807) is 6.92 Å². The molecule has 0 atom stereocenters. The highest BCUT2D eigenvalue weighted by Crippen LogP contribution is 2.60. The van der Waals surface area contributed by atoms with Gasteiger partial charge in [0.2, 0.25) is 11.8 Å². The second kappa shape index (κ2) is 7.53. The highest BCUT2D eigenvalue weighted by molar-refractivity contribution is 6.06. The lowest BCUT2D eigenvalue weighted by atomic mass is 9.49. The molecule has 2 N–H and O–H groups in total. The summed E-state index contributed by atoms with van der Waals surface area (Å²) in [6.45, 7) is 1.79. The monoisotopic (exact) mass is 403 g/mol. The molecule has 0 heterocycles.